The van der Waals surface area contributed by atoms with Crippen LogP contribution in [0.3, 0.4) is 0 Å². The van der Waals surface area contributed by atoms with Gasteiger partial charge >= 0.3 is 0 Å². The normalized spacial score (nSPS) is 11.1. The molecule has 3 rings (SSSR count). The molecule has 0 fully saturated rings. The summed E-state index contributed by atoms with van der Waals surface area (Å²) in [6, 6.07) is 15.3. The lowest BCUT2D eigenvalue weighted by Gasteiger charge is -2.04. The van der Waals surface area contributed by atoms with Crippen LogP contribution >= 0.6 is 0 Å². The highest BCUT2D eigenvalue weighted by atomic mass is 16.2. The molecule has 1 aromatic heterocycles. The smallest absolute Gasteiger partial charge is 0.253 e. The second-order valence-corrected chi connectivity index (χ2v) is 6.51. The van der Waals surface area contributed by atoms with Gasteiger partial charge in [0.05, 0.1) is 5.56 Å². The van der Waals surface area contributed by atoms with E-state index in [0.717, 1.165) is 27.8 Å². The number of benzene rings is 2. The molecule has 2 N–H and O–H groups in total. The molecule has 0 spiro atoms. The third-order valence-corrected chi connectivity index (χ3v) is 4.57. The summed E-state index contributed by atoms with van der Waals surface area (Å²) in [7, 11) is 1.96. The van der Waals surface area contributed by atoms with E-state index in [1.807, 2.05) is 74.0 Å². The van der Waals surface area contributed by atoms with Crippen LogP contribution in [-0.4, -0.2) is 22.9 Å². The highest BCUT2D eigenvalue weighted by Crippen LogP contribution is 2.25. The number of nitrogens with one attached hydrogen (secondary N) is 2. The number of anilines is 1. The Hall–Kier alpha value is -3.34. The molecule has 27 heavy (non-hydrogen) atoms. The van der Waals surface area contributed by atoms with Gasteiger partial charge in [-0.1, -0.05) is 35.9 Å². The molecule has 0 radical (unpaired) electrons. The van der Waals surface area contributed by atoms with E-state index in [0.29, 0.717) is 5.56 Å². The molecule has 138 valence electrons. The SMILES string of the molecule is Cc1ccc2c(c1)c(C(=O)NC/C=C/C(=O)Nc1ccccc1)c(C)n2C. The Morgan fingerprint density at radius 3 is 2.56 bits per heavy atom. The van der Waals surface area contributed by atoms with E-state index in [2.05, 4.69) is 10.6 Å². The first-order valence-corrected chi connectivity index (χ1v) is 8.84. The van der Waals surface area contributed by atoms with Crippen LogP contribution in [0.5, 0.6) is 0 Å². The van der Waals surface area contributed by atoms with Crippen LogP contribution in [0, 0.1) is 13.8 Å². The van der Waals surface area contributed by atoms with E-state index in [-0.39, 0.29) is 18.4 Å². The summed E-state index contributed by atoms with van der Waals surface area (Å²) in [5, 5.41) is 6.57. The summed E-state index contributed by atoms with van der Waals surface area (Å²) >= 11 is 0. The van der Waals surface area contributed by atoms with E-state index >= 15 is 0 Å². The maximum Gasteiger partial charge on any atom is 0.253 e. The van der Waals surface area contributed by atoms with Gasteiger partial charge in [0.1, 0.15) is 0 Å². The number of hydrogen-bond donors (Lipinski definition) is 2. The average molecular weight is 361 g/mol. The highest BCUT2D eigenvalue weighted by molar-refractivity contribution is 6.08. The van der Waals surface area contributed by atoms with Gasteiger partial charge in [0.2, 0.25) is 5.91 Å². The zero-order chi connectivity index (χ0) is 19.4. The molecule has 0 aliphatic rings. The fourth-order valence-electron chi connectivity index (χ4n) is 3.08. The minimum absolute atomic E-state index is 0.142. The first-order chi connectivity index (χ1) is 13.0. The topological polar surface area (TPSA) is 63.1 Å². The predicted octanol–water partition coefficient (Wildman–Crippen LogP) is 3.72. The van der Waals surface area contributed by atoms with Crippen molar-refractivity contribution in [3.8, 4) is 0 Å². The van der Waals surface area contributed by atoms with Gasteiger partial charge in [0.15, 0.2) is 0 Å². The van der Waals surface area contributed by atoms with Crippen LogP contribution in [0.25, 0.3) is 10.9 Å². The number of rotatable bonds is 5. The second-order valence-electron chi connectivity index (χ2n) is 6.51. The van der Waals surface area contributed by atoms with Crippen molar-refractivity contribution in [1.29, 1.82) is 0 Å². The summed E-state index contributed by atoms with van der Waals surface area (Å²) in [5.41, 5.74) is 4.47. The number of hydrogen-bond acceptors (Lipinski definition) is 2. The predicted molar refractivity (Wildman–Crippen MR) is 109 cm³/mol. The van der Waals surface area contributed by atoms with Crippen LogP contribution in [0.2, 0.25) is 0 Å². The van der Waals surface area contributed by atoms with Crippen LogP contribution in [0.4, 0.5) is 5.69 Å². The first kappa shape index (κ1) is 18.5. The molecular formula is C22H23N3O2. The molecule has 0 atom stereocenters. The lowest BCUT2D eigenvalue weighted by atomic mass is 10.1. The highest BCUT2D eigenvalue weighted by Gasteiger charge is 2.17. The largest absolute Gasteiger partial charge is 0.348 e. The zero-order valence-corrected chi connectivity index (χ0v) is 15.7. The fourth-order valence-corrected chi connectivity index (χ4v) is 3.08. The van der Waals surface area contributed by atoms with Crippen molar-refractivity contribution < 1.29 is 9.59 Å². The van der Waals surface area contributed by atoms with Gasteiger partial charge in [-0.2, -0.15) is 0 Å². The van der Waals surface area contributed by atoms with Gasteiger partial charge in [-0.15, -0.1) is 0 Å². The van der Waals surface area contributed by atoms with Crippen molar-refractivity contribution in [2.75, 3.05) is 11.9 Å². The summed E-state index contributed by atoms with van der Waals surface area (Å²) in [4.78, 5) is 24.6. The number of carbonyl (C=O) groups is 2. The van der Waals surface area contributed by atoms with Gasteiger partial charge in [-0.3, -0.25) is 9.59 Å². The summed E-state index contributed by atoms with van der Waals surface area (Å²) < 4.78 is 2.02. The fraction of sp³-hybridized carbons (Fsp3) is 0.182. The average Bonchev–Trinajstić information content (AvgIpc) is 2.89. The van der Waals surface area contributed by atoms with Gasteiger partial charge in [0.25, 0.3) is 5.91 Å². The number of carbonyl (C=O) groups excluding carboxylic acids is 2. The van der Waals surface area contributed by atoms with Crippen LogP contribution < -0.4 is 10.6 Å². The lowest BCUT2D eigenvalue weighted by Crippen LogP contribution is -2.24. The minimum Gasteiger partial charge on any atom is -0.348 e. The maximum atomic E-state index is 12.7. The van der Waals surface area contributed by atoms with Crippen LogP contribution in [-0.2, 0) is 11.8 Å². The van der Waals surface area contributed by atoms with E-state index in [9.17, 15) is 9.59 Å². The van der Waals surface area contributed by atoms with Gasteiger partial charge in [0, 0.05) is 42.0 Å². The minimum atomic E-state index is -0.229. The quantitative estimate of drug-likeness (QED) is 0.680. The first-order valence-electron chi connectivity index (χ1n) is 8.84. The van der Waals surface area contributed by atoms with E-state index < -0.39 is 0 Å². The number of amides is 2. The Bertz CT molecular complexity index is 1020. The Morgan fingerprint density at radius 1 is 1.07 bits per heavy atom. The van der Waals surface area contributed by atoms with Crippen LogP contribution in [0.15, 0.2) is 60.7 Å². The third-order valence-electron chi connectivity index (χ3n) is 4.57. The van der Waals surface area contributed by atoms with Crippen LogP contribution in [0.1, 0.15) is 21.6 Å². The number of aromatic nitrogens is 1. The van der Waals surface area contributed by atoms with Crippen molar-refractivity contribution in [2.45, 2.75) is 13.8 Å². The Balaban J connectivity index is 1.65. The molecule has 0 unspecified atom stereocenters. The van der Waals surface area contributed by atoms with E-state index in [4.69, 9.17) is 0 Å². The van der Waals surface area contributed by atoms with Crippen molar-refractivity contribution in [3.63, 3.8) is 0 Å². The molecule has 0 saturated heterocycles. The van der Waals surface area contributed by atoms with Crippen molar-refractivity contribution >= 4 is 28.4 Å². The zero-order valence-electron chi connectivity index (χ0n) is 15.7. The molecule has 2 amide bonds. The molecular weight excluding hydrogens is 338 g/mol. The van der Waals surface area contributed by atoms with Crippen molar-refractivity contribution in [1.82, 2.24) is 9.88 Å². The molecule has 0 aliphatic carbocycles. The summed E-state index contributed by atoms with van der Waals surface area (Å²) in [5.74, 6) is -0.371. The van der Waals surface area contributed by atoms with E-state index in [1.165, 1.54) is 6.08 Å². The molecule has 1 heterocycles. The molecule has 5 nitrogen and oxygen atoms in total. The molecule has 5 heteroatoms. The molecule has 2 aromatic carbocycles. The maximum absolute atomic E-state index is 12.7. The molecule has 0 aliphatic heterocycles. The van der Waals surface area contributed by atoms with Crippen molar-refractivity contribution in [2.24, 2.45) is 7.05 Å². The Morgan fingerprint density at radius 2 is 1.81 bits per heavy atom. The van der Waals surface area contributed by atoms with Crippen molar-refractivity contribution in [3.05, 3.63) is 77.5 Å². The van der Waals surface area contributed by atoms with E-state index in [1.54, 1.807) is 6.08 Å². The van der Waals surface area contributed by atoms with Gasteiger partial charge < -0.3 is 15.2 Å². The molecule has 0 bridgehead atoms. The lowest BCUT2D eigenvalue weighted by molar-refractivity contribution is -0.111. The van der Waals surface area contributed by atoms with Gasteiger partial charge in [-0.25, -0.2) is 0 Å². The number of fused-ring (bicyclic) bond motifs is 1. The van der Waals surface area contributed by atoms with Gasteiger partial charge in [-0.05, 0) is 38.1 Å². The summed E-state index contributed by atoms with van der Waals surface area (Å²) in [6.07, 6.45) is 3.06. The Labute approximate surface area is 158 Å². The number of para-hydroxylation sites is 1. The number of aryl methyl sites for hydroxylation is 2. The Kier molecular flexibility index (Phi) is 5.41. The monoisotopic (exact) mass is 361 g/mol. The second kappa shape index (κ2) is 7.91. The standard InChI is InChI=1S/C22H23N3O2/c1-15-11-12-19-18(14-15)21(16(2)25(19)3)22(27)23-13-7-10-20(26)24-17-8-5-4-6-9-17/h4-12,14H,13H2,1-3H3,(H,23,27)(H,24,26)/b10-7+. The third kappa shape index (κ3) is 4.08. The number of nitrogens with zero attached hydrogens (tertiary/aromatic N) is 1. The summed E-state index contributed by atoms with van der Waals surface area (Å²) in [6.45, 7) is 4.23. The molecule has 0 saturated carbocycles. The molecule has 3 aromatic rings.